The molecule has 1 aromatic rings. The SMILES string of the molecule is CC(C)Cn1ncc(NCC2CCC(O)CC2)c(Br)c1=O. The Hall–Kier alpha value is -0.880. The van der Waals surface area contributed by atoms with Gasteiger partial charge in [0.25, 0.3) is 5.56 Å². The maximum Gasteiger partial charge on any atom is 0.283 e. The number of aliphatic hydroxyl groups is 1. The summed E-state index contributed by atoms with van der Waals surface area (Å²) < 4.78 is 2.05. The molecule has 1 heterocycles. The third kappa shape index (κ3) is 4.54. The fraction of sp³-hybridized carbons (Fsp3) is 0.733. The maximum absolute atomic E-state index is 12.2. The van der Waals surface area contributed by atoms with Crippen LogP contribution in [0.4, 0.5) is 5.69 Å². The molecular weight excluding hydrogens is 334 g/mol. The van der Waals surface area contributed by atoms with Crippen LogP contribution in [0.2, 0.25) is 0 Å². The van der Waals surface area contributed by atoms with Crippen molar-refractivity contribution < 1.29 is 5.11 Å². The van der Waals surface area contributed by atoms with Gasteiger partial charge in [0.2, 0.25) is 0 Å². The number of nitrogens with one attached hydrogen (secondary N) is 1. The summed E-state index contributed by atoms with van der Waals surface area (Å²) in [6.07, 6.45) is 5.40. The third-order valence-corrected chi connectivity index (χ3v) is 4.69. The zero-order chi connectivity index (χ0) is 15.4. The zero-order valence-electron chi connectivity index (χ0n) is 12.7. The molecule has 0 spiro atoms. The summed E-state index contributed by atoms with van der Waals surface area (Å²) >= 11 is 3.38. The van der Waals surface area contributed by atoms with E-state index in [-0.39, 0.29) is 11.7 Å². The number of aromatic nitrogens is 2. The molecule has 0 unspecified atom stereocenters. The Bertz CT molecular complexity index is 522. The van der Waals surface area contributed by atoms with Crippen LogP contribution in [0.15, 0.2) is 15.5 Å². The van der Waals surface area contributed by atoms with Crippen LogP contribution < -0.4 is 10.9 Å². The molecule has 0 radical (unpaired) electrons. The summed E-state index contributed by atoms with van der Waals surface area (Å²) in [6, 6.07) is 0. The summed E-state index contributed by atoms with van der Waals surface area (Å²) in [6.45, 7) is 5.57. The van der Waals surface area contributed by atoms with E-state index in [4.69, 9.17) is 0 Å². The minimum atomic E-state index is -0.130. The van der Waals surface area contributed by atoms with Crippen molar-refractivity contribution in [2.75, 3.05) is 11.9 Å². The van der Waals surface area contributed by atoms with E-state index in [0.29, 0.717) is 22.9 Å². The van der Waals surface area contributed by atoms with E-state index < -0.39 is 0 Å². The van der Waals surface area contributed by atoms with Crippen LogP contribution in [0.1, 0.15) is 39.5 Å². The minimum absolute atomic E-state index is 0.0900. The largest absolute Gasteiger partial charge is 0.393 e. The van der Waals surface area contributed by atoms with E-state index in [1.807, 2.05) is 0 Å². The molecule has 0 aliphatic heterocycles. The summed E-state index contributed by atoms with van der Waals surface area (Å²) in [4.78, 5) is 12.2. The van der Waals surface area contributed by atoms with Gasteiger partial charge in [-0.15, -0.1) is 0 Å². The van der Waals surface area contributed by atoms with Crippen molar-refractivity contribution >= 4 is 21.6 Å². The maximum atomic E-state index is 12.2. The molecule has 0 saturated heterocycles. The van der Waals surface area contributed by atoms with Gasteiger partial charge in [-0.05, 0) is 53.4 Å². The van der Waals surface area contributed by atoms with Gasteiger partial charge in [0.05, 0.1) is 18.0 Å². The molecule has 1 aliphatic carbocycles. The third-order valence-electron chi connectivity index (χ3n) is 3.92. The minimum Gasteiger partial charge on any atom is -0.393 e. The van der Waals surface area contributed by atoms with Gasteiger partial charge in [-0.3, -0.25) is 4.79 Å². The fourth-order valence-corrected chi connectivity index (χ4v) is 3.11. The normalized spacial score (nSPS) is 22.5. The summed E-state index contributed by atoms with van der Waals surface area (Å²) in [5, 5.41) is 17.1. The van der Waals surface area contributed by atoms with E-state index in [9.17, 15) is 9.90 Å². The number of nitrogens with zero attached hydrogens (tertiary/aromatic N) is 2. The molecule has 118 valence electrons. The van der Waals surface area contributed by atoms with Crippen molar-refractivity contribution in [3.05, 3.63) is 21.0 Å². The number of hydrogen-bond donors (Lipinski definition) is 2. The highest BCUT2D eigenvalue weighted by Crippen LogP contribution is 2.25. The lowest BCUT2D eigenvalue weighted by molar-refractivity contribution is 0.111. The highest BCUT2D eigenvalue weighted by atomic mass is 79.9. The van der Waals surface area contributed by atoms with Gasteiger partial charge in [0.1, 0.15) is 4.47 Å². The molecular formula is C15H24BrN3O2. The van der Waals surface area contributed by atoms with Crippen LogP contribution >= 0.6 is 15.9 Å². The van der Waals surface area contributed by atoms with Crippen molar-refractivity contribution in [2.45, 2.75) is 52.2 Å². The molecule has 21 heavy (non-hydrogen) atoms. The highest BCUT2D eigenvalue weighted by Gasteiger charge is 2.19. The molecule has 0 bridgehead atoms. The van der Waals surface area contributed by atoms with E-state index in [1.54, 1.807) is 6.20 Å². The predicted octanol–water partition coefficient (Wildman–Crippen LogP) is 2.62. The van der Waals surface area contributed by atoms with Gasteiger partial charge in [0, 0.05) is 13.1 Å². The lowest BCUT2D eigenvalue weighted by Gasteiger charge is -2.25. The number of aliphatic hydroxyl groups excluding tert-OH is 1. The number of rotatable bonds is 5. The summed E-state index contributed by atoms with van der Waals surface area (Å²) in [5.41, 5.74) is 0.666. The van der Waals surface area contributed by atoms with Gasteiger partial charge in [-0.25, -0.2) is 4.68 Å². The quantitative estimate of drug-likeness (QED) is 0.849. The van der Waals surface area contributed by atoms with Crippen molar-refractivity contribution in [1.82, 2.24) is 9.78 Å². The lowest BCUT2D eigenvalue weighted by atomic mass is 9.87. The molecule has 6 heteroatoms. The first-order valence-corrected chi connectivity index (χ1v) is 8.44. The highest BCUT2D eigenvalue weighted by molar-refractivity contribution is 9.10. The van der Waals surface area contributed by atoms with Crippen molar-refractivity contribution in [2.24, 2.45) is 11.8 Å². The predicted molar refractivity (Wildman–Crippen MR) is 87.5 cm³/mol. The molecule has 1 aromatic heterocycles. The first-order chi connectivity index (χ1) is 9.97. The Kier molecular flexibility index (Phi) is 5.81. The molecule has 2 rings (SSSR count). The van der Waals surface area contributed by atoms with Gasteiger partial charge in [-0.2, -0.15) is 5.10 Å². The first kappa shape index (κ1) is 16.5. The first-order valence-electron chi connectivity index (χ1n) is 7.65. The van der Waals surface area contributed by atoms with E-state index in [1.165, 1.54) is 4.68 Å². The van der Waals surface area contributed by atoms with Crippen LogP contribution in [0, 0.1) is 11.8 Å². The summed E-state index contributed by atoms with van der Waals surface area (Å²) in [5.74, 6) is 0.938. The molecule has 0 aromatic carbocycles. The van der Waals surface area contributed by atoms with Crippen LogP contribution in [0.25, 0.3) is 0 Å². The molecule has 1 fully saturated rings. The Morgan fingerprint density at radius 1 is 1.43 bits per heavy atom. The van der Waals surface area contributed by atoms with Crippen molar-refractivity contribution in [1.29, 1.82) is 0 Å². The van der Waals surface area contributed by atoms with Gasteiger partial charge >= 0.3 is 0 Å². The van der Waals surface area contributed by atoms with Gasteiger partial charge < -0.3 is 10.4 Å². The molecule has 5 nitrogen and oxygen atoms in total. The zero-order valence-corrected chi connectivity index (χ0v) is 14.3. The monoisotopic (exact) mass is 357 g/mol. The van der Waals surface area contributed by atoms with Crippen molar-refractivity contribution in [3.8, 4) is 0 Å². The topological polar surface area (TPSA) is 67.2 Å². The molecule has 1 saturated carbocycles. The van der Waals surface area contributed by atoms with E-state index in [0.717, 1.165) is 37.9 Å². The average molecular weight is 358 g/mol. The fourth-order valence-electron chi connectivity index (χ4n) is 2.67. The Morgan fingerprint density at radius 2 is 2.10 bits per heavy atom. The van der Waals surface area contributed by atoms with Crippen LogP contribution in [0.3, 0.4) is 0 Å². The second kappa shape index (κ2) is 7.40. The molecule has 2 N–H and O–H groups in total. The molecule has 0 atom stereocenters. The van der Waals surface area contributed by atoms with Gasteiger partial charge in [0.15, 0.2) is 0 Å². The van der Waals surface area contributed by atoms with E-state index >= 15 is 0 Å². The second-order valence-electron chi connectivity index (χ2n) is 6.31. The van der Waals surface area contributed by atoms with Crippen molar-refractivity contribution in [3.63, 3.8) is 0 Å². The second-order valence-corrected chi connectivity index (χ2v) is 7.10. The average Bonchev–Trinajstić information content (AvgIpc) is 2.44. The molecule has 1 aliphatic rings. The number of halogens is 1. The lowest BCUT2D eigenvalue weighted by Crippen LogP contribution is -2.28. The van der Waals surface area contributed by atoms with E-state index in [2.05, 4.69) is 40.2 Å². The smallest absolute Gasteiger partial charge is 0.283 e. The molecule has 0 amide bonds. The Morgan fingerprint density at radius 3 is 2.71 bits per heavy atom. The van der Waals surface area contributed by atoms with Gasteiger partial charge in [-0.1, -0.05) is 13.8 Å². The number of anilines is 1. The number of hydrogen-bond acceptors (Lipinski definition) is 4. The summed E-state index contributed by atoms with van der Waals surface area (Å²) in [7, 11) is 0. The van der Waals surface area contributed by atoms with Crippen LogP contribution in [-0.4, -0.2) is 27.5 Å². The Balaban J connectivity index is 1.98. The van der Waals surface area contributed by atoms with Crippen LogP contribution in [0.5, 0.6) is 0 Å². The standard InChI is InChI=1S/C15H24BrN3O2/c1-10(2)9-19-15(21)14(16)13(8-18-19)17-7-11-3-5-12(20)6-4-11/h8,10-12,17,20H,3-7,9H2,1-2H3. The Labute approximate surface area is 133 Å². The van der Waals surface area contributed by atoms with Crippen LogP contribution in [-0.2, 0) is 6.54 Å².